The van der Waals surface area contributed by atoms with E-state index in [0.29, 0.717) is 30.1 Å². The summed E-state index contributed by atoms with van der Waals surface area (Å²) in [6.45, 7) is 12.5. The lowest BCUT2D eigenvalue weighted by molar-refractivity contribution is 0.0471. The van der Waals surface area contributed by atoms with Crippen LogP contribution >= 0.6 is 0 Å². The molecule has 0 amide bonds. The van der Waals surface area contributed by atoms with Crippen LogP contribution in [0.2, 0.25) is 0 Å². The predicted octanol–water partition coefficient (Wildman–Crippen LogP) is 5.16. The monoisotopic (exact) mass is 297 g/mol. The molecule has 1 rings (SSSR count). The maximum absolute atomic E-state index is 6.05. The molecule has 21 heavy (non-hydrogen) atoms. The third-order valence-corrected chi connectivity index (χ3v) is 5.37. The van der Waals surface area contributed by atoms with Gasteiger partial charge in [-0.1, -0.05) is 65.7 Å². The van der Waals surface area contributed by atoms with Crippen LogP contribution in [-0.4, -0.2) is 24.8 Å². The Morgan fingerprint density at radius 2 is 1.48 bits per heavy atom. The second-order valence-corrected chi connectivity index (χ2v) is 7.06. The van der Waals surface area contributed by atoms with E-state index < -0.39 is 0 Å². The van der Waals surface area contributed by atoms with E-state index >= 15 is 0 Å². The van der Waals surface area contributed by atoms with Crippen molar-refractivity contribution in [2.75, 3.05) is 6.54 Å². The fourth-order valence-electron chi connectivity index (χ4n) is 4.00. The van der Waals surface area contributed by atoms with E-state index in [2.05, 4.69) is 39.9 Å². The van der Waals surface area contributed by atoms with Gasteiger partial charge in [-0.25, -0.2) is 0 Å². The van der Waals surface area contributed by atoms with Crippen molar-refractivity contribution in [3.63, 3.8) is 0 Å². The molecular formula is C19H39NO. The fraction of sp³-hybridized carbons (Fsp3) is 1.00. The smallest absolute Gasteiger partial charge is 0.0597 e. The molecule has 0 radical (unpaired) electrons. The molecule has 2 heteroatoms. The van der Waals surface area contributed by atoms with Gasteiger partial charge in [-0.3, -0.25) is 0 Å². The molecule has 1 aliphatic heterocycles. The first-order chi connectivity index (χ1) is 10.1. The van der Waals surface area contributed by atoms with Gasteiger partial charge in [0.05, 0.1) is 12.2 Å². The first-order valence-corrected chi connectivity index (χ1v) is 9.50. The Morgan fingerprint density at radius 1 is 0.857 bits per heavy atom. The van der Waals surface area contributed by atoms with Gasteiger partial charge in [0.15, 0.2) is 0 Å². The standard InChI is InChI=1S/C19H39NO/c1-6-8-9-10-11-12-13-14-18(20-7-2)19-15(3)16(4)21-17(19)5/h15-20H,6-14H2,1-5H3. The number of hydrogen-bond acceptors (Lipinski definition) is 2. The Morgan fingerprint density at radius 3 is 2.00 bits per heavy atom. The largest absolute Gasteiger partial charge is 0.375 e. The summed E-state index contributed by atoms with van der Waals surface area (Å²) in [5, 5.41) is 3.74. The third kappa shape index (κ3) is 6.28. The van der Waals surface area contributed by atoms with Gasteiger partial charge in [-0.05, 0) is 32.7 Å². The minimum Gasteiger partial charge on any atom is -0.375 e. The number of ether oxygens (including phenoxy) is 1. The van der Waals surface area contributed by atoms with Gasteiger partial charge in [0.2, 0.25) is 0 Å². The van der Waals surface area contributed by atoms with E-state index in [1.165, 1.54) is 51.4 Å². The molecule has 2 nitrogen and oxygen atoms in total. The quantitative estimate of drug-likeness (QED) is 0.532. The average Bonchev–Trinajstić information content (AvgIpc) is 2.70. The number of hydrogen-bond donors (Lipinski definition) is 1. The van der Waals surface area contributed by atoms with Crippen molar-refractivity contribution in [2.45, 2.75) is 104 Å². The highest BCUT2D eigenvalue weighted by molar-refractivity contribution is 4.91. The molecule has 0 spiro atoms. The van der Waals surface area contributed by atoms with Crippen LogP contribution in [0, 0.1) is 11.8 Å². The molecule has 5 atom stereocenters. The maximum atomic E-state index is 6.05. The van der Waals surface area contributed by atoms with Gasteiger partial charge in [0.1, 0.15) is 0 Å². The van der Waals surface area contributed by atoms with E-state index in [0.717, 1.165) is 6.54 Å². The second-order valence-electron chi connectivity index (χ2n) is 7.06. The van der Waals surface area contributed by atoms with E-state index in [9.17, 15) is 0 Å². The van der Waals surface area contributed by atoms with Crippen molar-refractivity contribution in [1.29, 1.82) is 0 Å². The summed E-state index contributed by atoms with van der Waals surface area (Å²) in [5.41, 5.74) is 0. The predicted molar refractivity (Wildman–Crippen MR) is 92.7 cm³/mol. The van der Waals surface area contributed by atoms with Crippen LogP contribution in [0.5, 0.6) is 0 Å². The van der Waals surface area contributed by atoms with Gasteiger partial charge in [0, 0.05) is 12.0 Å². The van der Waals surface area contributed by atoms with Crippen LogP contribution in [0.1, 0.15) is 86.0 Å². The highest BCUT2D eigenvalue weighted by Crippen LogP contribution is 2.36. The summed E-state index contributed by atoms with van der Waals surface area (Å²) in [6, 6.07) is 0.639. The van der Waals surface area contributed by atoms with Crippen LogP contribution in [-0.2, 0) is 4.74 Å². The summed E-state index contributed by atoms with van der Waals surface area (Å²) in [4.78, 5) is 0. The summed E-state index contributed by atoms with van der Waals surface area (Å²) in [6.07, 6.45) is 11.9. The zero-order valence-electron chi connectivity index (χ0n) is 15.2. The first-order valence-electron chi connectivity index (χ1n) is 9.50. The zero-order valence-corrected chi connectivity index (χ0v) is 15.2. The lowest BCUT2D eigenvalue weighted by Crippen LogP contribution is -2.41. The zero-order chi connectivity index (χ0) is 15.7. The van der Waals surface area contributed by atoms with E-state index in [-0.39, 0.29) is 0 Å². The van der Waals surface area contributed by atoms with Crippen LogP contribution in [0.15, 0.2) is 0 Å². The van der Waals surface area contributed by atoms with Gasteiger partial charge >= 0.3 is 0 Å². The molecule has 0 aromatic rings. The van der Waals surface area contributed by atoms with E-state index in [1.54, 1.807) is 0 Å². The minimum atomic E-state index is 0.406. The van der Waals surface area contributed by atoms with Crippen LogP contribution < -0.4 is 5.32 Å². The molecule has 0 bridgehead atoms. The van der Waals surface area contributed by atoms with Crippen LogP contribution in [0.25, 0.3) is 0 Å². The molecule has 1 N–H and O–H groups in total. The third-order valence-electron chi connectivity index (χ3n) is 5.37. The van der Waals surface area contributed by atoms with Gasteiger partial charge < -0.3 is 10.1 Å². The summed E-state index contributed by atoms with van der Waals surface area (Å²) < 4.78 is 6.05. The number of nitrogens with one attached hydrogen (secondary N) is 1. The fourth-order valence-corrected chi connectivity index (χ4v) is 4.00. The van der Waals surface area contributed by atoms with Gasteiger partial charge in [-0.2, -0.15) is 0 Å². The first kappa shape index (κ1) is 19.0. The molecular weight excluding hydrogens is 258 g/mol. The highest BCUT2D eigenvalue weighted by Gasteiger charge is 2.40. The Balaban J connectivity index is 2.30. The topological polar surface area (TPSA) is 21.3 Å². The Hall–Kier alpha value is -0.0800. The molecule has 0 aromatic heterocycles. The molecule has 0 saturated carbocycles. The normalized spacial score (nSPS) is 30.7. The molecule has 126 valence electrons. The maximum Gasteiger partial charge on any atom is 0.0597 e. The van der Waals surface area contributed by atoms with Crippen LogP contribution in [0.4, 0.5) is 0 Å². The summed E-state index contributed by atoms with van der Waals surface area (Å²) in [7, 11) is 0. The van der Waals surface area contributed by atoms with E-state index in [4.69, 9.17) is 4.74 Å². The van der Waals surface area contributed by atoms with Crippen molar-refractivity contribution in [2.24, 2.45) is 11.8 Å². The highest BCUT2D eigenvalue weighted by atomic mass is 16.5. The molecule has 1 aliphatic rings. The van der Waals surface area contributed by atoms with Gasteiger partial charge in [0.25, 0.3) is 0 Å². The lowest BCUT2D eigenvalue weighted by Gasteiger charge is -2.29. The van der Waals surface area contributed by atoms with E-state index in [1.807, 2.05) is 0 Å². The molecule has 1 fully saturated rings. The van der Waals surface area contributed by atoms with Crippen molar-refractivity contribution < 1.29 is 4.74 Å². The average molecular weight is 298 g/mol. The lowest BCUT2D eigenvalue weighted by atomic mass is 9.81. The Bertz CT molecular complexity index is 256. The van der Waals surface area contributed by atoms with Crippen molar-refractivity contribution in [3.8, 4) is 0 Å². The molecule has 5 unspecified atom stereocenters. The summed E-state index contributed by atoms with van der Waals surface area (Å²) in [5.74, 6) is 1.36. The minimum absolute atomic E-state index is 0.406. The molecule has 1 heterocycles. The van der Waals surface area contributed by atoms with Crippen LogP contribution in [0.3, 0.4) is 0 Å². The van der Waals surface area contributed by atoms with Crippen molar-refractivity contribution >= 4 is 0 Å². The Kier molecular flexibility index (Phi) is 9.59. The molecule has 0 aliphatic carbocycles. The van der Waals surface area contributed by atoms with Gasteiger partial charge in [-0.15, -0.1) is 0 Å². The van der Waals surface area contributed by atoms with Crippen molar-refractivity contribution in [3.05, 3.63) is 0 Å². The van der Waals surface area contributed by atoms with Crippen molar-refractivity contribution in [1.82, 2.24) is 5.32 Å². The molecule has 1 saturated heterocycles. The SMILES string of the molecule is CCCCCCCCCC(NCC)C1C(C)OC(C)C1C. The number of unbranched alkanes of at least 4 members (excludes halogenated alkanes) is 6. The number of rotatable bonds is 11. The molecule has 0 aromatic carbocycles. The summed E-state index contributed by atoms with van der Waals surface area (Å²) >= 11 is 0. The Labute approximate surface area is 133 Å². The second kappa shape index (κ2) is 10.6.